The molecule has 2 aromatic carbocycles. The van der Waals surface area contributed by atoms with Gasteiger partial charge in [-0.15, -0.1) is 0 Å². The molecule has 21 heavy (non-hydrogen) atoms. The number of aromatic nitrogens is 1. The molecule has 1 heteroatoms. The number of hydrogen-bond donors (Lipinski definition) is 0. The molecule has 4 rings (SSSR count). The topological polar surface area (TPSA) is 4.93 Å². The summed E-state index contributed by atoms with van der Waals surface area (Å²) in [5, 5.41) is 1.36. The third-order valence-corrected chi connectivity index (χ3v) is 4.91. The van der Waals surface area contributed by atoms with E-state index in [0.717, 1.165) is 6.54 Å². The fourth-order valence-electron chi connectivity index (χ4n) is 3.86. The van der Waals surface area contributed by atoms with E-state index in [-0.39, 0.29) is 0 Å². The minimum atomic E-state index is 0.657. The highest BCUT2D eigenvalue weighted by atomic mass is 15.0. The van der Waals surface area contributed by atoms with Crippen LogP contribution in [-0.2, 0) is 13.0 Å². The summed E-state index contributed by atoms with van der Waals surface area (Å²) in [7, 11) is 0. The first-order valence-electron chi connectivity index (χ1n) is 7.95. The number of rotatable bonds is 2. The summed E-state index contributed by atoms with van der Waals surface area (Å²) in [6, 6.07) is 20.1. The highest BCUT2D eigenvalue weighted by molar-refractivity contribution is 5.81. The highest BCUT2D eigenvalue weighted by Crippen LogP contribution is 2.34. The van der Waals surface area contributed by atoms with Crippen LogP contribution in [0.25, 0.3) is 10.9 Å². The van der Waals surface area contributed by atoms with E-state index < -0.39 is 0 Å². The van der Waals surface area contributed by atoms with Gasteiger partial charge < -0.3 is 4.57 Å². The van der Waals surface area contributed by atoms with Crippen LogP contribution in [0.3, 0.4) is 0 Å². The maximum Gasteiger partial charge on any atom is 0.0482 e. The van der Waals surface area contributed by atoms with Crippen LogP contribution < -0.4 is 0 Å². The van der Waals surface area contributed by atoms with Crippen molar-refractivity contribution in [3.63, 3.8) is 0 Å². The van der Waals surface area contributed by atoms with Gasteiger partial charge in [0.25, 0.3) is 0 Å². The second-order valence-electron chi connectivity index (χ2n) is 6.24. The van der Waals surface area contributed by atoms with Crippen LogP contribution in [0.15, 0.2) is 54.6 Å². The fraction of sp³-hybridized carbons (Fsp3) is 0.300. The van der Waals surface area contributed by atoms with Gasteiger partial charge in [-0.3, -0.25) is 0 Å². The van der Waals surface area contributed by atoms with Gasteiger partial charge in [-0.25, -0.2) is 0 Å². The molecule has 106 valence electrons. The molecule has 1 aliphatic rings. The molecular weight excluding hydrogens is 254 g/mol. The summed E-state index contributed by atoms with van der Waals surface area (Å²) in [5.74, 6) is 0.657. The summed E-state index contributed by atoms with van der Waals surface area (Å²) in [5.41, 5.74) is 5.88. The lowest BCUT2D eigenvalue weighted by Gasteiger charge is -2.26. The van der Waals surface area contributed by atoms with E-state index >= 15 is 0 Å². The summed E-state index contributed by atoms with van der Waals surface area (Å²) in [6.07, 6.45) is 3.88. The molecule has 0 saturated carbocycles. The monoisotopic (exact) mass is 275 g/mol. The van der Waals surface area contributed by atoms with Crippen molar-refractivity contribution in [2.45, 2.75) is 38.6 Å². The van der Waals surface area contributed by atoms with Gasteiger partial charge in [0.1, 0.15) is 0 Å². The molecule has 0 fully saturated rings. The van der Waals surface area contributed by atoms with E-state index in [4.69, 9.17) is 0 Å². The van der Waals surface area contributed by atoms with Crippen LogP contribution in [0, 0.1) is 6.92 Å². The van der Waals surface area contributed by atoms with E-state index in [1.54, 1.807) is 11.1 Å². The highest BCUT2D eigenvalue weighted by Gasteiger charge is 2.21. The van der Waals surface area contributed by atoms with Gasteiger partial charge in [0, 0.05) is 23.7 Å². The van der Waals surface area contributed by atoms with E-state index in [1.165, 1.54) is 35.9 Å². The first-order valence-corrected chi connectivity index (χ1v) is 7.95. The summed E-state index contributed by atoms with van der Waals surface area (Å²) >= 11 is 0. The zero-order chi connectivity index (χ0) is 14.2. The van der Waals surface area contributed by atoms with Crippen LogP contribution in [0.1, 0.15) is 35.6 Å². The van der Waals surface area contributed by atoms with E-state index in [1.807, 2.05) is 0 Å². The number of nitrogens with zero attached hydrogens (tertiary/aromatic N) is 1. The Kier molecular flexibility index (Phi) is 3.07. The number of para-hydroxylation sites is 1. The van der Waals surface area contributed by atoms with Crippen LogP contribution in [0.5, 0.6) is 0 Å². The zero-order valence-electron chi connectivity index (χ0n) is 12.5. The molecular formula is C20H21N. The maximum absolute atomic E-state index is 2.50. The van der Waals surface area contributed by atoms with Crippen molar-refractivity contribution in [2.75, 3.05) is 0 Å². The summed E-state index contributed by atoms with van der Waals surface area (Å²) in [4.78, 5) is 0. The molecule has 0 spiro atoms. The van der Waals surface area contributed by atoms with Crippen molar-refractivity contribution >= 4 is 10.9 Å². The zero-order valence-corrected chi connectivity index (χ0v) is 12.5. The Balaban J connectivity index is 1.74. The van der Waals surface area contributed by atoms with Crippen LogP contribution in [-0.4, -0.2) is 4.57 Å². The molecule has 3 aromatic rings. The lowest BCUT2D eigenvalue weighted by atomic mass is 9.83. The standard InChI is InChI=1S/C20H21N/c1-15-13-17-8-3-5-12-20(17)21(15)14-18-10-6-9-16-7-2-4-11-19(16)18/h2-5,7-8,11-13,18H,6,9-10,14H2,1H3. The first kappa shape index (κ1) is 12.7. The number of benzene rings is 2. The molecule has 0 aliphatic heterocycles. The molecule has 1 unspecified atom stereocenters. The van der Waals surface area contributed by atoms with Gasteiger partial charge in [-0.2, -0.15) is 0 Å². The van der Waals surface area contributed by atoms with Crippen LogP contribution >= 0.6 is 0 Å². The third-order valence-electron chi connectivity index (χ3n) is 4.91. The van der Waals surface area contributed by atoms with Gasteiger partial charge in [0.05, 0.1) is 0 Å². The number of hydrogen-bond acceptors (Lipinski definition) is 0. The van der Waals surface area contributed by atoms with Crippen molar-refractivity contribution in [3.05, 3.63) is 71.4 Å². The van der Waals surface area contributed by atoms with Gasteiger partial charge in [-0.05, 0) is 54.8 Å². The van der Waals surface area contributed by atoms with Crippen molar-refractivity contribution in [1.29, 1.82) is 0 Å². The quantitative estimate of drug-likeness (QED) is 0.615. The molecule has 1 heterocycles. The van der Waals surface area contributed by atoms with Gasteiger partial charge in [-0.1, -0.05) is 42.5 Å². The number of fused-ring (bicyclic) bond motifs is 2. The molecule has 0 N–H and O–H groups in total. The van der Waals surface area contributed by atoms with Crippen molar-refractivity contribution in [1.82, 2.24) is 4.57 Å². The van der Waals surface area contributed by atoms with Crippen molar-refractivity contribution in [3.8, 4) is 0 Å². The minimum Gasteiger partial charge on any atom is -0.344 e. The Bertz CT molecular complexity index is 781. The Morgan fingerprint density at radius 2 is 1.86 bits per heavy atom. The molecule has 1 aromatic heterocycles. The fourth-order valence-corrected chi connectivity index (χ4v) is 3.86. The van der Waals surface area contributed by atoms with Crippen molar-refractivity contribution in [2.24, 2.45) is 0 Å². The lowest BCUT2D eigenvalue weighted by Crippen LogP contribution is -2.16. The van der Waals surface area contributed by atoms with E-state index in [2.05, 4.69) is 66.1 Å². The van der Waals surface area contributed by atoms with Crippen molar-refractivity contribution < 1.29 is 0 Å². The predicted octanol–water partition coefficient (Wildman–Crippen LogP) is 5.07. The summed E-state index contributed by atoms with van der Waals surface area (Å²) in [6.45, 7) is 3.34. The number of aryl methyl sites for hydroxylation is 2. The third kappa shape index (κ3) is 2.17. The van der Waals surface area contributed by atoms with Crippen LogP contribution in [0.4, 0.5) is 0 Å². The van der Waals surface area contributed by atoms with Gasteiger partial charge >= 0.3 is 0 Å². The average Bonchev–Trinajstić information content (AvgIpc) is 2.84. The summed E-state index contributed by atoms with van der Waals surface area (Å²) < 4.78 is 2.50. The smallest absolute Gasteiger partial charge is 0.0482 e. The second kappa shape index (κ2) is 5.07. The normalized spacial score (nSPS) is 17.9. The molecule has 0 radical (unpaired) electrons. The maximum atomic E-state index is 2.50. The Labute approximate surface area is 126 Å². The minimum absolute atomic E-state index is 0.657. The van der Waals surface area contributed by atoms with E-state index in [9.17, 15) is 0 Å². The molecule has 1 nitrogen and oxygen atoms in total. The second-order valence-corrected chi connectivity index (χ2v) is 6.24. The molecule has 1 aliphatic carbocycles. The predicted molar refractivity (Wildman–Crippen MR) is 88.8 cm³/mol. The molecule has 0 bridgehead atoms. The average molecular weight is 275 g/mol. The Hall–Kier alpha value is -2.02. The first-order chi connectivity index (χ1) is 10.3. The Morgan fingerprint density at radius 3 is 2.81 bits per heavy atom. The molecule has 0 saturated heterocycles. The van der Waals surface area contributed by atoms with Gasteiger partial charge in [0.15, 0.2) is 0 Å². The molecule has 0 amide bonds. The van der Waals surface area contributed by atoms with Crippen LogP contribution in [0.2, 0.25) is 0 Å². The molecule has 1 atom stereocenters. The largest absolute Gasteiger partial charge is 0.344 e. The lowest BCUT2D eigenvalue weighted by molar-refractivity contribution is 0.486. The van der Waals surface area contributed by atoms with Gasteiger partial charge in [0.2, 0.25) is 0 Å². The SMILES string of the molecule is Cc1cc2ccccc2n1CC1CCCc2ccccc21. The van der Waals surface area contributed by atoms with E-state index in [0.29, 0.717) is 5.92 Å². The Morgan fingerprint density at radius 1 is 1.05 bits per heavy atom.